The lowest BCUT2D eigenvalue weighted by Gasteiger charge is -2.17. The second-order valence-electron chi connectivity index (χ2n) is 3.26. The van der Waals surface area contributed by atoms with E-state index in [0.29, 0.717) is 13.2 Å². The Balaban J connectivity index is 2.72. The topological polar surface area (TPSA) is 18.5 Å². The predicted octanol–water partition coefficient (Wildman–Crippen LogP) is 2.91. The normalized spacial score (nSPS) is 11.1. The maximum Gasteiger partial charge on any atom is 0.162 e. The number of benzene rings is 1. The summed E-state index contributed by atoms with van der Waals surface area (Å²) in [6.07, 6.45) is -0.308. The third-order valence-corrected chi connectivity index (χ3v) is 2.12. The molecule has 0 fully saturated rings. The Morgan fingerprint density at radius 2 is 1.75 bits per heavy atom. The highest BCUT2D eigenvalue weighted by Crippen LogP contribution is 2.15. The molecule has 0 bridgehead atoms. The summed E-state index contributed by atoms with van der Waals surface area (Å²) in [5.41, 5.74) is 0.270. The first-order valence-electron chi connectivity index (χ1n) is 5.35. The molecule has 0 spiro atoms. The highest BCUT2D eigenvalue weighted by atomic mass is 19.2. The molecule has 0 amide bonds. The van der Waals surface area contributed by atoms with Crippen LogP contribution in [0.5, 0.6) is 0 Å². The molecule has 0 saturated heterocycles. The summed E-state index contributed by atoms with van der Waals surface area (Å²) in [5.74, 6) is -1.67. The monoisotopic (exact) mass is 230 g/mol. The van der Waals surface area contributed by atoms with Crippen molar-refractivity contribution in [3.63, 3.8) is 0 Å². The summed E-state index contributed by atoms with van der Waals surface area (Å²) < 4.78 is 36.8. The molecule has 0 aromatic heterocycles. The first kappa shape index (κ1) is 13.1. The van der Waals surface area contributed by atoms with Gasteiger partial charge in [0.2, 0.25) is 0 Å². The van der Waals surface area contributed by atoms with Crippen molar-refractivity contribution in [1.82, 2.24) is 0 Å². The van der Waals surface area contributed by atoms with Crippen LogP contribution in [0.15, 0.2) is 18.2 Å². The van der Waals surface area contributed by atoms with Crippen LogP contribution in [0.2, 0.25) is 0 Å². The summed E-state index contributed by atoms with van der Waals surface area (Å²) in [7, 11) is 0. The van der Waals surface area contributed by atoms with Crippen LogP contribution < -0.4 is 0 Å². The Bertz CT molecular complexity index is 323. The molecule has 2 nitrogen and oxygen atoms in total. The van der Waals surface area contributed by atoms with E-state index in [1.54, 1.807) is 0 Å². The van der Waals surface area contributed by atoms with Crippen molar-refractivity contribution in [3.8, 4) is 0 Å². The van der Waals surface area contributed by atoms with E-state index in [1.165, 1.54) is 12.1 Å². The maximum atomic E-state index is 13.4. The first-order valence-corrected chi connectivity index (χ1v) is 5.35. The molecule has 0 saturated carbocycles. The molecule has 90 valence electrons. The second-order valence-corrected chi connectivity index (χ2v) is 3.26. The Kier molecular flexibility index (Phi) is 5.35. The minimum absolute atomic E-state index is 0.214. The lowest BCUT2D eigenvalue weighted by molar-refractivity contribution is -0.134. The highest BCUT2D eigenvalue weighted by Gasteiger charge is 2.14. The Morgan fingerprint density at radius 1 is 1.12 bits per heavy atom. The molecule has 16 heavy (non-hydrogen) atoms. The standard InChI is InChI=1S/C12H16F2O2/c1-3-15-11(16-4-2)8-9-6-5-7-10(13)12(9)14/h5-7,11H,3-4,8H2,1-2H3. The van der Waals surface area contributed by atoms with E-state index in [2.05, 4.69) is 0 Å². The molecule has 1 aromatic carbocycles. The van der Waals surface area contributed by atoms with Crippen LogP contribution in [0.1, 0.15) is 19.4 Å². The fraction of sp³-hybridized carbons (Fsp3) is 0.500. The molecular formula is C12H16F2O2. The fourth-order valence-corrected chi connectivity index (χ4v) is 1.42. The van der Waals surface area contributed by atoms with E-state index < -0.39 is 17.9 Å². The maximum absolute atomic E-state index is 13.4. The largest absolute Gasteiger partial charge is 0.353 e. The molecule has 0 aliphatic heterocycles. The molecule has 0 aliphatic rings. The zero-order chi connectivity index (χ0) is 12.0. The van der Waals surface area contributed by atoms with Gasteiger partial charge in [-0.15, -0.1) is 0 Å². The molecule has 0 atom stereocenters. The van der Waals surface area contributed by atoms with E-state index in [-0.39, 0.29) is 12.0 Å². The predicted molar refractivity (Wildman–Crippen MR) is 57.1 cm³/mol. The first-order chi connectivity index (χ1) is 7.69. The second kappa shape index (κ2) is 6.55. The van der Waals surface area contributed by atoms with Crippen LogP contribution in [0.3, 0.4) is 0 Å². The lowest BCUT2D eigenvalue weighted by Crippen LogP contribution is -2.21. The van der Waals surface area contributed by atoms with Crippen LogP contribution in [0, 0.1) is 11.6 Å². The highest BCUT2D eigenvalue weighted by molar-refractivity contribution is 5.19. The zero-order valence-corrected chi connectivity index (χ0v) is 9.50. The van der Waals surface area contributed by atoms with E-state index in [0.717, 1.165) is 6.07 Å². The summed E-state index contributed by atoms with van der Waals surface area (Å²) in [4.78, 5) is 0. The lowest BCUT2D eigenvalue weighted by atomic mass is 10.1. The summed E-state index contributed by atoms with van der Waals surface area (Å²) in [6.45, 7) is 4.60. The Morgan fingerprint density at radius 3 is 2.31 bits per heavy atom. The van der Waals surface area contributed by atoms with Gasteiger partial charge >= 0.3 is 0 Å². The van der Waals surface area contributed by atoms with Crippen LogP contribution in [0.25, 0.3) is 0 Å². The van der Waals surface area contributed by atoms with Gasteiger partial charge < -0.3 is 9.47 Å². The molecule has 0 aliphatic carbocycles. The Hall–Kier alpha value is -1.00. The van der Waals surface area contributed by atoms with E-state index in [4.69, 9.17) is 9.47 Å². The number of ether oxygens (including phenoxy) is 2. The molecule has 1 aromatic rings. The SMILES string of the molecule is CCOC(Cc1cccc(F)c1F)OCC. The van der Waals surface area contributed by atoms with Crippen molar-refractivity contribution in [2.75, 3.05) is 13.2 Å². The van der Waals surface area contributed by atoms with Gasteiger partial charge in [0.15, 0.2) is 17.9 Å². The van der Waals surface area contributed by atoms with Gasteiger partial charge in [0, 0.05) is 19.6 Å². The number of halogens is 2. The van der Waals surface area contributed by atoms with Crippen LogP contribution in [-0.4, -0.2) is 19.5 Å². The fourth-order valence-electron chi connectivity index (χ4n) is 1.42. The van der Waals surface area contributed by atoms with E-state index >= 15 is 0 Å². The summed E-state index contributed by atoms with van der Waals surface area (Å²) in [5, 5.41) is 0. The average Bonchev–Trinajstić information content (AvgIpc) is 2.25. The van der Waals surface area contributed by atoms with Crippen molar-refractivity contribution >= 4 is 0 Å². The Labute approximate surface area is 94.2 Å². The summed E-state index contributed by atoms with van der Waals surface area (Å²) in [6, 6.07) is 4.10. The van der Waals surface area contributed by atoms with Crippen molar-refractivity contribution in [1.29, 1.82) is 0 Å². The van der Waals surface area contributed by atoms with Crippen molar-refractivity contribution in [2.45, 2.75) is 26.6 Å². The van der Waals surface area contributed by atoms with E-state index in [9.17, 15) is 8.78 Å². The average molecular weight is 230 g/mol. The molecule has 0 radical (unpaired) electrons. The van der Waals surface area contributed by atoms with Gasteiger partial charge in [-0.25, -0.2) is 8.78 Å². The number of hydrogen-bond donors (Lipinski definition) is 0. The van der Waals surface area contributed by atoms with Gasteiger partial charge in [0.1, 0.15) is 0 Å². The molecule has 4 heteroatoms. The van der Waals surface area contributed by atoms with Gasteiger partial charge in [0.25, 0.3) is 0 Å². The molecule has 0 N–H and O–H groups in total. The van der Waals surface area contributed by atoms with Gasteiger partial charge in [0.05, 0.1) is 0 Å². The minimum Gasteiger partial charge on any atom is -0.353 e. The molecule has 0 unspecified atom stereocenters. The van der Waals surface area contributed by atoms with Gasteiger partial charge in [-0.2, -0.15) is 0 Å². The quantitative estimate of drug-likeness (QED) is 0.699. The minimum atomic E-state index is -0.843. The van der Waals surface area contributed by atoms with Crippen molar-refractivity contribution in [2.24, 2.45) is 0 Å². The van der Waals surface area contributed by atoms with E-state index in [1.807, 2.05) is 13.8 Å². The molecule has 1 rings (SSSR count). The van der Waals surface area contributed by atoms with Gasteiger partial charge in [-0.1, -0.05) is 12.1 Å². The molecule has 0 heterocycles. The van der Waals surface area contributed by atoms with Gasteiger partial charge in [-0.3, -0.25) is 0 Å². The van der Waals surface area contributed by atoms with Gasteiger partial charge in [-0.05, 0) is 25.5 Å². The molecular weight excluding hydrogens is 214 g/mol. The number of rotatable bonds is 6. The van der Waals surface area contributed by atoms with Crippen LogP contribution in [0.4, 0.5) is 8.78 Å². The number of hydrogen-bond acceptors (Lipinski definition) is 2. The summed E-state index contributed by atoms with van der Waals surface area (Å²) >= 11 is 0. The van der Waals surface area contributed by atoms with Crippen LogP contribution in [-0.2, 0) is 15.9 Å². The van der Waals surface area contributed by atoms with Crippen molar-refractivity contribution < 1.29 is 18.3 Å². The van der Waals surface area contributed by atoms with Crippen molar-refractivity contribution in [3.05, 3.63) is 35.4 Å². The zero-order valence-electron chi connectivity index (χ0n) is 9.50. The third-order valence-electron chi connectivity index (χ3n) is 2.12. The third kappa shape index (κ3) is 3.54. The van der Waals surface area contributed by atoms with Crippen LogP contribution >= 0.6 is 0 Å². The smallest absolute Gasteiger partial charge is 0.162 e.